The van der Waals surface area contributed by atoms with Gasteiger partial charge in [0.05, 0.1) is 17.6 Å². The average molecular weight is 302 g/mol. The summed E-state index contributed by atoms with van der Waals surface area (Å²) in [5, 5.41) is 0. The second kappa shape index (κ2) is 6.46. The highest BCUT2D eigenvalue weighted by molar-refractivity contribution is 7.89. The summed E-state index contributed by atoms with van der Waals surface area (Å²) in [5.41, 5.74) is 4.94. The molecule has 0 aromatic heterocycles. The van der Waals surface area contributed by atoms with Gasteiger partial charge in [-0.1, -0.05) is 4.47 Å². The normalized spacial score (nSPS) is 11.3. The zero-order valence-corrected chi connectivity index (χ0v) is 11.7. The molecule has 0 aliphatic heterocycles. The van der Waals surface area contributed by atoms with E-state index in [1.54, 1.807) is 0 Å². The maximum Gasteiger partial charge on any atom is 0.338 e. The lowest BCUT2D eigenvalue weighted by Crippen LogP contribution is -2.25. The number of rotatable bonds is 6. The molecule has 8 nitrogen and oxygen atoms in total. The summed E-state index contributed by atoms with van der Waals surface area (Å²) in [6.45, 7) is -0.536. The van der Waals surface area contributed by atoms with E-state index in [2.05, 4.69) is 9.57 Å². The van der Waals surface area contributed by atoms with Gasteiger partial charge in [0.2, 0.25) is 0 Å². The number of nitrogens with zero attached hydrogens (tertiary/aromatic N) is 1. The molecule has 0 saturated heterocycles. The number of esters is 1. The fraction of sp³-hybridized carbons (Fsp3) is 0.273. The highest BCUT2D eigenvalue weighted by atomic mass is 32.2. The molecule has 0 aliphatic rings. The lowest BCUT2D eigenvalue weighted by atomic mass is 10.2. The van der Waals surface area contributed by atoms with Crippen LogP contribution in [0.1, 0.15) is 10.4 Å². The van der Waals surface area contributed by atoms with Crippen LogP contribution in [-0.2, 0) is 24.4 Å². The second-order valence-electron chi connectivity index (χ2n) is 3.66. The topological polar surface area (TPSA) is 116 Å². The van der Waals surface area contributed by atoms with E-state index in [1.807, 2.05) is 0 Å². The van der Waals surface area contributed by atoms with Crippen LogP contribution in [-0.4, -0.2) is 45.5 Å². The van der Waals surface area contributed by atoms with Gasteiger partial charge in [0, 0.05) is 7.05 Å². The number of amides is 1. The summed E-state index contributed by atoms with van der Waals surface area (Å²) in [4.78, 5) is 26.5. The molecule has 2 N–H and O–H groups in total. The van der Waals surface area contributed by atoms with Crippen LogP contribution in [0.5, 0.6) is 0 Å². The summed E-state index contributed by atoms with van der Waals surface area (Å²) in [7, 11) is -1.32. The second-order valence-corrected chi connectivity index (χ2v) is 5.60. The maximum absolute atomic E-state index is 11.9. The zero-order chi connectivity index (χ0) is 15.3. The molecule has 1 aromatic rings. The summed E-state index contributed by atoms with van der Waals surface area (Å²) >= 11 is 0. The van der Waals surface area contributed by atoms with Crippen molar-refractivity contribution in [2.45, 2.75) is 4.90 Å². The van der Waals surface area contributed by atoms with Gasteiger partial charge in [-0.3, -0.25) is 9.63 Å². The van der Waals surface area contributed by atoms with Gasteiger partial charge >= 0.3 is 5.97 Å². The third-order valence-corrected chi connectivity index (χ3v) is 4.02. The van der Waals surface area contributed by atoms with Gasteiger partial charge in [-0.25, -0.2) is 13.2 Å². The highest BCUT2D eigenvalue weighted by Crippen LogP contribution is 2.15. The van der Waals surface area contributed by atoms with E-state index in [9.17, 15) is 18.0 Å². The quantitative estimate of drug-likeness (QED) is 0.560. The molecule has 0 spiro atoms. The van der Waals surface area contributed by atoms with Crippen molar-refractivity contribution in [2.75, 3.05) is 20.8 Å². The summed E-state index contributed by atoms with van der Waals surface area (Å²) < 4.78 is 29.0. The first-order chi connectivity index (χ1) is 9.28. The minimum atomic E-state index is -3.77. The lowest BCUT2D eigenvalue weighted by Gasteiger charge is -2.14. The van der Waals surface area contributed by atoms with Crippen molar-refractivity contribution in [1.82, 2.24) is 4.47 Å². The SMILES string of the molecule is CON(C)S(=O)(=O)c1ccc(C(=O)OCC(N)=O)cc1. The minimum absolute atomic E-state index is 0.0479. The number of hydrogen-bond donors (Lipinski definition) is 1. The molecule has 1 aromatic carbocycles. The number of sulfonamides is 1. The smallest absolute Gasteiger partial charge is 0.338 e. The summed E-state index contributed by atoms with van der Waals surface area (Å²) in [5.74, 6) is -1.55. The Morgan fingerprint density at radius 1 is 1.25 bits per heavy atom. The Morgan fingerprint density at radius 2 is 1.80 bits per heavy atom. The van der Waals surface area contributed by atoms with E-state index >= 15 is 0 Å². The average Bonchev–Trinajstić information content (AvgIpc) is 2.43. The van der Waals surface area contributed by atoms with Crippen molar-refractivity contribution in [2.24, 2.45) is 5.73 Å². The Labute approximate surface area is 116 Å². The van der Waals surface area contributed by atoms with E-state index in [0.29, 0.717) is 4.47 Å². The molecule has 0 bridgehead atoms. The molecule has 0 atom stereocenters. The fourth-order valence-electron chi connectivity index (χ4n) is 1.23. The Morgan fingerprint density at radius 3 is 2.25 bits per heavy atom. The van der Waals surface area contributed by atoms with Gasteiger partial charge in [-0.05, 0) is 24.3 Å². The zero-order valence-electron chi connectivity index (χ0n) is 10.9. The maximum atomic E-state index is 11.9. The van der Waals surface area contributed by atoms with Crippen LogP contribution < -0.4 is 5.73 Å². The van der Waals surface area contributed by atoms with Crippen molar-refractivity contribution < 1.29 is 27.6 Å². The van der Waals surface area contributed by atoms with Crippen LogP contribution in [0.15, 0.2) is 29.2 Å². The van der Waals surface area contributed by atoms with Gasteiger partial charge in [-0.15, -0.1) is 0 Å². The minimum Gasteiger partial charge on any atom is -0.452 e. The molecule has 20 heavy (non-hydrogen) atoms. The predicted molar refractivity (Wildman–Crippen MR) is 67.9 cm³/mol. The molecule has 0 heterocycles. The number of benzene rings is 1. The molecule has 0 saturated carbocycles. The molecule has 0 aliphatic carbocycles. The van der Waals surface area contributed by atoms with Crippen molar-refractivity contribution in [3.8, 4) is 0 Å². The first kappa shape index (κ1) is 16.1. The lowest BCUT2D eigenvalue weighted by molar-refractivity contribution is -0.121. The van der Waals surface area contributed by atoms with Crippen LogP contribution in [0.3, 0.4) is 0 Å². The van der Waals surface area contributed by atoms with Crippen molar-refractivity contribution in [1.29, 1.82) is 0 Å². The molecular weight excluding hydrogens is 288 g/mol. The molecule has 1 amide bonds. The Bertz CT molecular complexity index is 596. The van der Waals surface area contributed by atoms with Gasteiger partial charge in [0.25, 0.3) is 15.9 Å². The van der Waals surface area contributed by atoms with Gasteiger partial charge in [0.15, 0.2) is 6.61 Å². The fourth-order valence-corrected chi connectivity index (χ4v) is 2.20. The first-order valence-corrected chi connectivity index (χ1v) is 6.81. The summed E-state index contributed by atoms with van der Waals surface area (Å²) in [6.07, 6.45) is 0. The molecular formula is C11H14N2O6S. The number of hydrogen-bond acceptors (Lipinski definition) is 6. The van der Waals surface area contributed by atoms with E-state index in [1.165, 1.54) is 38.4 Å². The van der Waals surface area contributed by atoms with Crippen molar-refractivity contribution >= 4 is 21.9 Å². The van der Waals surface area contributed by atoms with Crippen LogP contribution in [0.25, 0.3) is 0 Å². The van der Waals surface area contributed by atoms with Gasteiger partial charge in [0.1, 0.15) is 0 Å². The third kappa shape index (κ3) is 3.76. The standard InChI is InChI=1S/C11H14N2O6S/c1-13(18-2)20(16,17)9-5-3-8(4-6-9)11(15)19-7-10(12)14/h3-6H,7H2,1-2H3,(H2,12,14). The molecule has 0 unspecified atom stereocenters. The van der Waals surface area contributed by atoms with Crippen LogP contribution in [0, 0.1) is 0 Å². The van der Waals surface area contributed by atoms with Crippen LogP contribution in [0.4, 0.5) is 0 Å². The number of ether oxygens (including phenoxy) is 1. The molecule has 9 heteroatoms. The highest BCUT2D eigenvalue weighted by Gasteiger charge is 2.21. The first-order valence-electron chi connectivity index (χ1n) is 5.37. The Hall–Kier alpha value is -1.97. The van der Waals surface area contributed by atoms with E-state index in [4.69, 9.17) is 5.73 Å². The number of carbonyl (C=O) groups excluding carboxylic acids is 2. The van der Waals surface area contributed by atoms with Gasteiger partial charge < -0.3 is 10.5 Å². The Kier molecular flexibility index (Phi) is 5.19. The van der Waals surface area contributed by atoms with E-state index < -0.39 is 28.5 Å². The molecule has 110 valence electrons. The van der Waals surface area contributed by atoms with Crippen molar-refractivity contribution in [3.05, 3.63) is 29.8 Å². The summed E-state index contributed by atoms with van der Waals surface area (Å²) in [6, 6.07) is 4.98. The third-order valence-electron chi connectivity index (χ3n) is 2.33. The van der Waals surface area contributed by atoms with Crippen molar-refractivity contribution in [3.63, 3.8) is 0 Å². The number of primary amides is 1. The van der Waals surface area contributed by atoms with E-state index in [-0.39, 0.29) is 10.5 Å². The molecule has 0 radical (unpaired) electrons. The predicted octanol–water partition coefficient (Wildman–Crippen LogP) is -0.489. The molecule has 0 fully saturated rings. The molecule has 1 rings (SSSR count). The van der Waals surface area contributed by atoms with Gasteiger partial charge in [-0.2, -0.15) is 0 Å². The number of hydroxylamine groups is 1. The number of carbonyl (C=O) groups is 2. The van der Waals surface area contributed by atoms with Crippen LogP contribution >= 0.6 is 0 Å². The monoisotopic (exact) mass is 302 g/mol. The number of nitrogens with two attached hydrogens (primary N) is 1. The Balaban J connectivity index is 2.89. The largest absolute Gasteiger partial charge is 0.452 e. The van der Waals surface area contributed by atoms with Crippen LogP contribution in [0.2, 0.25) is 0 Å². The van der Waals surface area contributed by atoms with E-state index in [0.717, 1.165) is 0 Å².